The van der Waals surface area contributed by atoms with Crippen molar-refractivity contribution in [1.82, 2.24) is 9.55 Å². The van der Waals surface area contributed by atoms with Gasteiger partial charge in [-0.2, -0.15) is 0 Å². The lowest BCUT2D eigenvalue weighted by Gasteiger charge is -2.25. The van der Waals surface area contributed by atoms with Crippen LogP contribution in [0.2, 0.25) is 0 Å². The molecule has 3 N–H and O–H groups in total. The standard InChI is InChI=1S/C20H26N4O6/c1-12(2)11-24-16(21)15(17(25)22-20(24)28)23(8-9-29-3)18(26)13-6-5-7-14(10-13)19(27)30-4/h5-7,10,12H,8-9,11,21H2,1-4H3,(H,22,25,28). The molecule has 10 heteroatoms. The minimum atomic E-state index is -0.786. The summed E-state index contributed by atoms with van der Waals surface area (Å²) in [6, 6.07) is 5.90. The van der Waals surface area contributed by atoms with Crippen molar-refractivity contribution in [2.45, 2.75) is 20.4 Å². The first-order chi connectivity index (χ1) is 14.2. The smallest absolute Gasteiger partial charge is 0.337 e. The number of benzene rings is 1. The fourth-order valence-electron chi connectivity index (χ4n) is 2.93. The summed E-state index contributed by atoms with van der Waals surface area (Å²) < 4.78 is 11.0. The Bertz CT molecular complexity index is 1040. The van der Waals surface area contributed by atoms with Crippen molar-refractivity contribution in [2.75, 3.05) is 38.0 Å². The lowest BCUT2D eigenvalue weighted by Crippen LogP contribution is -2.43. The van der Waals surface area contributed by atoms with Gasteiger partial charge in [0.25, 0.3) is 11.5 Å². The number of nitrogens with two attached hydrogens (primary N) is 1. The van der Waals surface area contributed by atoms with E-state index in [1.54, 1.807) is 0 Å². The van der Waals surface area contributed by atoms with E-state index in [0.29, 0.717) is 0 Å². The van der Waals surface area contributed by atoms with Crippen LogP contribution in [0.15, 0.2) is 33.9 Å². The molecule has 0 saturated carbocycles. The highest BCUT2D eigenvalue weighted by Crippen LogP contribution is 2.20. The van der Waals surface area contributed by atoms with Gasteiger partial charge in [0.1, 0.15) is 5.82 Å². The van der Waals surface area contributed by atoms with E-state index in [1.165, 1.54) is 43.1 Å². The number of nitrogen functional groups attached to an aromatic ring is 1. The number of nitrogens with one attached hydrogen (secondary N) is 1. The first-order valence-electron chi connectivity index (χ1n) is 9.33. The summed E-state index contributed by atoms with van der Waals surface area (Å²) in [7, 11) is 2.69. The Kier molecular flexibility index (Phi) is 7.54. The topological polar surface area (TPSA) is 137 Å². The second-order valence-corrected chi connectivity index (χ2v) is 7.02. The Labute approximate surface area is 173 Å². The summed E-state index contributed by atoms with van der Waals surface area (Å²) in [5.41, 5.74) is 4.90. The molecule has 162 valence electrons. The van der Waals surface area contributed by atoms with Crippen LogP contribution in [0.5, 0.6) is 0 Å². The van der Waals surface area contributed by atoms with Crippen LogP contribution in [0.25, 0.3) is 0 Å². The number of anilines is 2. The van der Waals surface area contributed by atoms with E-state index in [9.17, 15) is 19.2 Å². The Morgan fingerprint density at radius 2 is 1.87 bits per heavy atom. The zero-order valence-electron chi connectivity index (χ0n) is 17.4. The molecule has 2 aromatic rings. The van der Waals surface area contributed by atoms with Crippen molar-refractivity contribution in [2.24, 2.45) is 5.92 Å². The zero-order chi connectivity index (χ0) is 22.4. The number of hydrogen-bond acceptors (Lipinski definition) is 7. The van der Waals surface area contributed by atoms with E-state index in [1.807, 2.05) is 13.8 Å². The van der Waals surface area contributed by atoms with Crippen LogP contribution in [-0.2, 0) is 16.0 Å². The van der Waals surface area contributed by atoms with Gasteiger partial charge in [-0.1, -0.05) is 19.9 Å². The van der Waals surface area contributed by atoms with Crippen LogP contribution in [0.1, 0.15) is 34.6 Å². The number of H-pyrrole nitrogens is 1. The van der Waals surface area contributed by atoms with Gasteiger partial charge in [0, 0.05) is 25.8 Å². The van der Waals surface area contributed by atoms with Gasteiger partial charge in [-0.15, -0.1) is 0 Å². The third kappa shape index (κ3) is 4.95. The monoisotopic (exact) mass is 418 g/mol. The highest BCUT2D eigenvalue weighted by Gasteiger charge is 2.26. The molecule has 1 aromatic heterocycles. The molecule has 0 atom stereocenters. The number of carbonyl (C=O) groups is 2. The molecule has 0 aliphatic heterocycles. The summed E-state index contributed by atoms with van der Waals surface area (Å²) in [6.07, 6.45) is 0. The first kappa shape index (κ1) is 22.9. The predicted molar refractivity (Wildman–Crippen MR) is 112 cm³/mol. The number of carbonyl (C=O) groups excluding carboxylic acids is 2. The average molecular weight is 418 g/mol. The number of esters is 1. The number of amides is 1. The molecule has 1 heterocycles. The molecule has 0 bridgehead atoms. The molecule has 0 spiro atoms. The quantitative estimate of drug-likeness (QED) is 0.607. The molecule has 1 amide bonds. The van der Waals surface area contributed by atoms with E-state index in [2.05, 4.69) is 9.72 Å². The van der Waals surface area contributed by atoms with Gasteiger partial charge in [0.2, 0.25) is 0 Å². The molecule has 2 rings (SSSR count). The number of methoxy groups -OCH3 is 2. The third-order valence-electron chi connectivity index (χ3n) is 4.33. The summed E-state index contributed by atoms with van der Waals surface area (Å²) in [5, 5.41) is 0. The fraction of sp³-hybridized carbons (Fsp3) is 0.400. The molecular formula is C20H26N4O6. The molecule has 0 radical (unpaired) electrons. The number of nitrogens with zero attached hydrogens (tertiary/aromatic N) is 2. The molecule has 0 unspecified atom stereocenters. The van der Waals surface area contributed by atoms with Crippen molar-refractivity contribution in [1.29, 1.82) is 0 Å². The maximum atomic E-state index is 13.3. The largest absolute Gasteiger partial charge is 0.465 e. The van der Waals surface area contributed by atoms with Crippen molar-refractivity contribution >= 4 is 23.4 Å². The highest BCUT2D eigenvalue weighted by molar-refractivity contribution is 6.08. The van der Waals surface area contributed by atoms with Gasteiger partial charge >= 0.3 is 11.7 Å². The third-order valence-corrected chi connectivity index (χ3v) is 4.33. The van der Waals surface area contributed by atoms with Gasteiger partial charge in [-0.25, -0.2) is 9.59 Å². The van der Waals surface area contributed by atoms with E-state index in [4.69, 9.17) is 10.5 Å². The van der Waals surface area contributed by atoms with E-state index in [0.717, 1.165) is 4.90 Å². The van der Waals surface area contributed by atoms with Crippen LogP contribution < -0.4 is 21.9 Å². The maximum absolute atomic E-state index is 13.3. The minimum absolute atomic E-state index is 0.00491. The molecule has 1 aromatic carbocycles. The van der Waals surface area contributed by atoms with Crippen LogP contribution in [0, 0.1) is 5.92 Å². The normalized spacial score (nSPS) is 10.8. The number of aromatic amines is 1. The molecule has 0 aliphatic carbocycles. The lowest BCUT2D eigenvalue weighted by atomic mass is 10.1. The van der Waals surface area contributed by atoms with Crippen LogP contribution in [0.3, 0.4) is 0 Å². The van der Waals surface area contributed by atoms with Gasteiger partial charge in [0.05, 0.1) is 19.3 Å². The number of ether oxygens (including phenoxy) is 2. The van der Waals surface area contributed by atoms with Crippen molar-refractivity contribution in [3.63, 3.8) is 0 Å². The van der Waals surface area contributed by atoms with Crippen molar-refractivity contribution < 1.29 is 19.1 Å². The van der Waals surface area contributed by atoms with Crippen LogP contribution >= 0.6 is 0 Å². The summed E-state index contributed by atoms with van der Waals surface area (Å²) in [4.78, 5) is 53.3. The summed E-state index contributed by atoms with van der Waals surface area (Å²) >= 11 is 0. The van der Waals surface area contributed by atoms with Gasteiger partial charge in [0.15, 0.2) is 5.69 Å². The lowest BCUT2D eigenvalue weighted by molar-refractivity contribution is 0.0600. The fourth-order valence-corrected chi connectivity index (χ4v) is 2.93. The van der Waals surface area contributed by atoms with Crippen LogP contribution in [0.4, 0.5) is 11.5 Å². The SMILES string of the molecule is COCCN(C(=O)c1cccc(C(=O)OC)c1)c1c(N)n(CC(C)C)c(=O)[nH]c1=O. The molecular weight excluding hydrogens is 392 g/mol. The van der Waals surface area contributed by atoms with Gasteiger partial charge in [-0.05, 0) is 24.1 Å². The number of aromatic nitrogens is 2. The van der Waals surface area contributed by atoms with Gasteiger partial charge < -0.3 is 15.2 Å². The van der Waals surface area contributed by atoms with Gasteiger partial charge in [-0.3, -0.25) is 24.0 Å². The zero-order valence-corrected chi connectivity index (χ0v) is 17.4. The molecule has 0 aliphatic rings. The molecule has 30 heavy (non-hydrogen) atoms. The van der Waals surface area contributed by atoms with Crippen molar-refractivity contribution in [3.05, 3.63) is 56.2 Å². The second-order valence-electron chi connectivity index (χ2n) is 7.02. The Balaban J connectivity index is 2.61. The second kappa shape index (κ2) is 9.88. The minimum Gasteiger partial charge on any atom is -0.465 e. The number of rotatable bonds is 8. The molecule has 10 nitrogen and oxygen atoms in total. The highest BCUT2D eigenvalue weighted by atomic mass is 16.5. The predicted octanol–water partition coefficient (Wildman–Crippen LogP) is 0.855. The Morgan fingerprint density at radius 3 is 2.47 bits per heavy atom. The maximum Gasteiger partial charge on any atom is 0.337 e. The molecule has 0 fully saturated rings. The Morgan fingerprint density at radius 1 is 1.20 bits per heavy atom. The summed E-state index contributed by atoms with van der Waals surface area (Å²) in [5.74, 6) is -1.23. The van der Waals surface area contributed by atoms with Crippen molar-refractivity contribution in [3.8, 4) is 0 Å². The van der Waals surface area contributed by atoms with Crippen LogP contribution in [-0.4, -0.2) is 48.8 Å². The molecule has 0 saturated heterocycles. The first-order valence-corrected chi connectivity index (χ1v) is 9.33. The number of hydrogen-bond donors (Lipinski definition) is 2. The van der Waals surface area contributed by atoms with E-state index < -0.39 is 23.1 Å². The van der Waals surface area contributed by atoms with E-state index in [-0.39, 0.29) is 48.2 Å². The Hall–Kier alpha value is -3.40. The average Bonchev–Trinajstić information content (AvgIpc) is 2.72. The summed E-state index contributed by atoms with van der Waals surface area (Å²) in [6.45, 7) is 4.17. The van der Waals surface area contributed by atoms with E-state index >= 15 is 0 Å².